The first kappa shape index (κ1) is 32.9. The Labute approximate surface area is 261 Å². The Morgan fingerprint density at radius 3 is 2.27 bits per heavy atom. The summed E-state index contributed by atoms with van der Waals surface area (Å²) >= 11 is 16.0. The fraction of sp³-hybridized carbons (Fsp3) is 0.333. The first-order valence-corrected chi connectivity index (χ1v) is 16.4. The van der Waals surface area contributed by atoms with Crippen LogP contribution in [0.2, 0.25) is 10.0 Å². The van der Waals surface area contributed by atoms with Gasteiger partial charge in [0.1, 0.15) is 12.6 Å². The van der Waals surface area contributed by atoms with Crippen molar-refractivity contribution in [2.75, 3.05) is 23.7 Å². The molecule has 0 aliphatic heterocycles. The number of rotatable bonds is 12. The minimum atomic E-state index is -3.86. The highest BCUT2D eigenvalue weighted by Gasteiger charge is 2.33. The monoisotopic (exact) mass is 681 g/mol. The lowest BCUT2D eigenvalue weighted by Crippen LogP contribution is -2.53. The third-order valence-electron chi connectivity index (χ3n) is 6.42. The molecule has 2 amide bonds. The summed E-state index contributed by atoms with van der Waals surface area (Å²) < 4.78 is 27.7. The fourth-order valence-electron chi connectivity index (χ4n) is 4.21. The molecule has 0 saturated carbocycles. The van der Waals surface area contributed by atoms with E-state index in [1.165, 1.54) is 4.90 Å². The molecule has 11 heteroatoms. The number of halogens is 3. The van der Waals surface area contributed by atoms with E-state index in [0.29, 0.717) is 27.8 Å². The van der Waals surface area contributed by atoms with E-state index >= 15 is 0 Å². The topological polar surface area (TPSA) is 86.8 Å². The van der Waals surface area contributed by atoms with Crippen molar-refractivity contribution in [3.63, 3.8) is 0 Å². The molecule has 0 aliphatic rings. The summed E-state index contributed by atoms with van der Waals surface area (Å²) in [6.07, 6.45) is 1.27. The van der Waals surface area contributed by atoms with E-state index in [-0.39, 0.29) is 24.8 Å². The molecule has 0 saturated heterocycles. The SMILES string of the molecule is Cc1cc(N(CC(=O)N(Cc2ccc(Cl)cc2Cl)[C@@H](Cc2ccccc2)C(=O)NCC(C)C)S(C)(=O)=O)ccc1Br. The minimum absolute atomic E-state index is 0.0294. The Morgan fingerprint density at radius 2 is 1.68 bits per heavy atom. The van der Waals surface area contributed by atoms with E-state index in [4.69, 9.17) is 23.2 Å². The van der Waals surface area contributed by atoms with E-state index < -0.39 is 28.5 Å². The standard InChI is InChI=1S/C30H34BrCl2N3O4S/c1-20(2)17-34-30(38)28(15-22-8-6-5-7-9-22)35(18-23-10-11-24(32)16-27(23)33)29(37)19-36(41(4,39)40)25-12-13-26(31)21(3)14-25/h5-14,16,20,28H,15,17-19H2,1-4H3,(H,34,38)/t28-/m0/s1. The fourth-order valence-corrected chi connectivity index (χ4v) is 5.76. The van der Waals surface area contributed by atoms with Gasteiger partial charge in [0.25, 0.3) is 0 Å². The number of amides is 2. The van der Waals surface area contributed by atoms with Crippen molar-refractivity contribution in [2.45, 2.75) is 39.8 Å². The number of hydrogen-bond donors (Lipinski definition) is 1. The highest BCUT2D eigenvalue weighted by molar-refractivity contribution is 9.10. The first-order valence-electron chi connectivity index (χ1n) is 13.0. The van der Waals surface area contributed by atoms with E-state index in [2.05, 4.69) is 21.2 Å². The van der Waals surface area contributed by atoms with Crippen molar-refractivity contribution in [2.24, 2.45) is 5.92 Å². The molecule has 3 aromatic rings. The van der Waals surface area contributed by atoms with Gasteiger partial charge >= 0.3 is 0 Å². The minimum Gasteiger partial charge on any atom is -0.354 e. The van der Waals surface area contributed by atoms with Crippen LogP contribution in [-0.2, 0) is 32.6 Å². The average molecular weight is 683 g/mol. The Hall–Kier alpha value is -2.59. The Morgan fingerprint density at radius 1 is 1.00 bits per heavy atom. The molecule has 220 valence electrons. The van der Waals surface area contributed by atoms with Gasteiger partial charge in [-0.2, -0.15) is 0 Å². The highest BCUT2D eigenvalue weighted by atomic mass is 79.9. The summed E-state index contributed by atoms with van der Waals surface area (Å²) in [5, 5.41) is 3.72. The summed E-state index contributed by atoms with van der Waals surface area (Å²) in [6, 6.07) is 18.4. The zero-order valence-corrected chi connectivity index (χ0v) is 27.3. The molecule has 0 spiro atoms. The second-order valence-electron chi connectivity index (χ2n) is 10.3. The van der Waals surface area contributed by atoms with Crippen LogP contribution in [0.25, 0.3) is 0 Å². The molecule has 0 bridgehead atoms. The van der Waals surface area contributed by atoms with Gasteiger partial charge in [-0.3, -0.25) is 13.9 Å². The molecule has 0 aliphatic carbocycles. The zero-order chi connectivity index (χ0) is 30.3. The molecule has 3 rings (SSSR count). The molecule has 41 heavy (non-hydrogen) atoms. The van der Waals surface area contributed by atoms with E-state index in [9.17, 15) is 18.0 Å². The lowest BCUT2D eigenvalue weighted by Gasteiger charge is -2.34. The average Bonchev–Trinajstić information content (AvgIpc) is 2.90. The van der Waals surface area contributed by atoms with Crippen molar-refractivity contribution in [1.82, 2.24) is 10.2 Å². The van der Waals surface area contributed by atoms with Gasteiger partial charge in [0.15, 0.2) is 0 Å². The number of hydrogen-bond acceptors (Lipinski definition) is 4. The second kappa shape index (κ2) is 14.5. The molecule has 0 heterocycles. The Balaban J connectivity index is 2.08. The van der Waals surface area contributed by atoms with E-state index in [1.54, 1.807) is 36.4 Å². The number of nitrogens with zero attached hydrogens (tertiary/aromatic N) is 2. The number of carbonyl (C=O) groups is 2. The van der Waals surface area contributed by atoms with Crippen molar-refractivity contribution in [3.05, 3.63) is 97.9 Å². The molecule has 0 aromatic heterocycles. The van der Waals surface area contributed by atoms with Crippen LogP contribution < -0.4 is 9.62 Å². The van der Waals surface area contributed by atoms with Gasteiger partial charge < -0.3 is 10.2 Å². The van der Waals surface area contributed by atoms with Gasteiger partial charge in [0.2, 0.25) is 21.8 Å². The number of benzene rings is 3. The third kappa shape index (κ3) is 9.46. The van der Waals surface area contributed by atoms with E-state index in [1.807, 2.05) is 51.1 Å². The van der Waals surface area contributed by atoms with Gasteiger partial charge in [0, 0.05) is 34.0 Å². The second-order valence-corrected chi connectivity index (χ2v) is 13.9. The van der Waals surface area contributed by atoms with Gasteiger partial charge in [-0.15, -0.1) is 0 Å². The normalized spacial score (nSPS) is 12.2. The maximum atomic E-state index is 14.1. The Bertz CT molecular complexity index is 1490. The van der Waals surface area contributed by atoms with Gasteiger partial charge in [-0.25, -0.2) is 8.42 Å². The first-order chi connectivity index (χ1) is 19.3. The smallest absolute Gasteiger partial charge is 0.244 e. The highest BCUT2D eigenvalue weighted by Crippen LogP contribution is 2.27. The molecule has 0 unspecified atom stereocenters. The summed E-state index contributed by atoms with van der Waals surface area (Å²) in [4.78, 5) is 29.2. The number of anilines is 1. The Kier molecular flexibility index (Phi) is 11.7. The summed E-state index contributed by atoms with van der Waals surface area (Å²) in [5.74, 6) is -0.707. The van der Waals surface area contributed by atoms with Crippen molar-refractivity contribution < 1.29 is 18.0 Å². The molecule has 0 radical (unpaired) electrons. The van der Waals surface area contributed by atoms with Crippen LogP contribution in [0.4, 0.5) is 5.69 Å². The molecule has 7 nitrogen and oxygen atoms in total. The van der Waals surface area contributed by atoms with Crippen LogP contribution in [0.1, 0.15) is 30.5 Å². The third-order valence-corrected chi connectivity index (χ3v) is 9.04. The predicted molar refractivity (Wildman–Crippen MR) is 170 cm³/mol. The lowest BCUT2D eigenvalue weighted by atomic mass is 10.0. The number of carbonyl (C=O) groups excluding carboxylic acids is 2. The van der Waals surface area contributed by atoms with Crippen LogP contribution in [-0.4, -0.2) is 50.5 Å². The predicted octanol–water partition coefficient (Wildman–Crippen LogP) is 6.24. The quantitative estimate of drug-likeness (QED) is 0.245. The van der Waals surface area contributed by atoms with Crippen LogP contribution in [0.5, 0.6) is 0 Å². The van der Waals surface area contributed by atoms with Crippen molar-refractivity contribution in [3.8, 4) is 0 Å². The van der Waals surface area contributed by atoms with Crippen LogP contribution in [0.3, 0.4) is 0 Å². The summed E-state index contributed by atoms with van der Waals surface area (Å²) in [6.45, 7) is 5.67. The summed E-state index contributed by atoms with van der Waals surface area (Å²) in [7, 11) is -3.86. The molecular weight excluding hydrogens is 649 g/mol. The number of sulfonamides is 1. The van der Waals surface area contributed by atoms with Gasteiger partial charge in [0.05, 0.1) is 11.9 Å². The van der Waals surface area contributed by atoms with E-state index in [0.717, 1.165) is 26.2 Å². The molecule has 0 fully saturated rings. The largest absolute Gasteiger partial charge is 0.354 e. The molecule has 3 aromatic carbocycles. The van der Waals surface area contributed by atoms with Crippen LogP contribution >= 0.6 is 39.1 Å². The van der Waals surface area contributed by atoms with Crippen LogP contribution in [0.15, 0.2) is 71.2 Å². The lowest BCUT2D eigenvalue weighted by molar-refractivity contribution is -0.140. The van der Waals surface area contributed by atoms with Gasteiger partial charge in [-0.05, 0) is 59.9 Å². The maximum absolute atomic E-state index is 14.1. The van der Waals surface area contributed by atoms with Crippen molar-refractivity contribution >= 4 is 66.7 Å². The molecule has 1 atom stereocenters. The molecular formula is C30H34BrCl2N3O4S. The zero-order valence-electron chi connectivity index (χ0n) is 23.4. The van der Waals surface area contributed by atoms with Crippen molar-refractivity contribution in [1.29, 1.82) is 0 Å². The summed E-state index contributed by atoms with van der Waals surface area (Å²) in [5.41, 5.74) is 2.57. The maximum Gasteiger partial charge on any atom is 0.244 e. The number of aryl methyl sites for hydroxylation is 1. The molecule has 1 N–H and O–H groups in total. The van der Waals surface area contributed by atoms with Crippen LogP contribution in [0, 0.1) is 12.8 Å². The van der Waals surface area contributed by atoms with Gasteiger partial charge in [-0.1, -0.05) is 89.4 Å². The number of nitrogens with one attached hydrogen (secondary N) is 1.